The Hall–Kier alpha value is -7.96. The second-order valence-corrected chi connectivity index (χ2v) is 15.5. The normalized spacial score (nSPS) is 12.2. The van der Waals surface area contributed by atoms with Crippen molar-refractivity contribution in [2.45, 2.75) is 0 Å². The van der Waals surface area contributed by atoms with Gasteiger partial charge in [0.1, 0.15) is 11.6 Å². The lowest BCUT2D eigenvalue weighted by atomic mass is 10.0. The largest absolute Gasteiger partial charge is 0.308 e. The summed E-state index contributed by atoms with van der Waals surface area (Å²) in [5.41, 5.74) is 11.2. The molecule has 0 unspecified atom stereocenters. The number of aromatic nitrogens is 2. The van der Waals surface area contributed by atoms with E-state index in [1.54, 1.807) is 12.1 Å². The SMILES string of the molecule is Fc1ccccc1N(c1ccccc1)c1ccc2c3cc4c(cc3n3c5ccccc5c1c23)c1ccc(N(c2ccccc2)c2ccccc2F)c2c3ccccc3n4c12. The van der Waals surface area contributed by atoms with Crippen LogP contribution in [0.5, 0.6) is 0 Å². The van der Waals surface area contributed by atoms with Gasteiger partial charge in [-0.1, -0.05) is 109 Å². The van der Waals surface area contributed by atoms with Crippen LogP contribution in [-0.2, 0) is 0 Å². The lowest BCUT2D eigenvalue weighted by Crippen LogP contribution is -2.11. The number of hydrogen-bond donors (Lipinski definition) is 0. The molecule has 9 aromatic carbocycles. The standard InChI is InChI=1S/C54H32F2N4/c55-41-21-9-13-25-45(41)57(33-15-3-1-4-16-33)47-29-27-35-39-31-50-40(32-49(39)59-43-23-11-7-19-37(43)51(47)53(35)59)36-28-30-48(52-38-20-8-12-24-44(38)60(50)54(36)52)58(34-17-5-2-6-18-34)46-26-14-10-22-42(46)56/h1-32H. The van der Waals surface area contributed by atoms with E-state index in [0.29, 0.717) is 11.4 Å². The maximum absolute atomic E-state index is 15.9. The molecule has 0 bridgehead atoms. The molecule has 0 N–H and O–H groups in total. The molecule has 0 amide bonds. The van der Waals surface area contributed by atoms with Crippen LogP contribution in [-0.4, -0.2) is 8.80 Å². The summed E-state index contributed by atoms with van der Waals surface area (Å²) >= 11 is 0. The Labute approximate surface area is 342 Å². The van der Waals surface area contributed by atoms with Crippen LogP contribution in [0.1, 0.15) is 0 Å². The van der Waals surface area contributed by atoms with E-state index >= 15 is 8.78 Å². The van der Waals surface area contributed by atoms with Crippen LogP contribution in [0.4, 0.5) is 42.9 Å². The fourth-order valence-corrected chi connectivity index (χ4v) is 10.1. The van der Waals surface area contributed by atoms with Crippen LogP contribution in [0, 0.1) is 11.6 Å². The van der Waals surface area contributed by atoms with E-state index < -0.39 is 0 Å². The maximum Gasteiger partial charge on any atom is 0.147 e. The topological polar surface area (TPSA) is 15.3 Å². The quantitative estimate of drug-likeness (QED) is 0.167. The molecular weight excluding hydrogens is 743 g/mol. The Bertz CT molecular complexity index is 3560. The molecule has 0 aliphatic heterocycles. The van der Waals surface area contributed by atoms with E-state index in [-0.39, 0.29) is 11.6 Å². The predicted octanol–water partition coefficient (Wildman–Crippen LogP) is 15.2. The van der Waals surface area contributed by atoms with Crippen molar-refractivity contribution in [3.05, 3.63) is 206 Å². The summed E-state index contributed by atoms with van der Waals surface area (Å²) in [6, 6.07) is 64.6. The minimum absolute atomic E-state index is 0.287. The van der Waals surface area contributed by atoms with Crippen molar-refractivity contribution in [3.8, 4) is 0 Å². The molecule has 0 saturated carbocycles. The highest BCUT2D eigenvalue weighted by atomic mass is 19.1. The Morgan fingerprint density at radius 3 is 1.12 bits per heavy atom. The van der Waals surface area contributed by atoms with Crippen LogP contribution in [0.15, 0.2) is 194 Å². The molecular formula is C54H32F2N4. The zero-order valence-electron chi connectivity index (χ0n) is 32.0. The molecule has 0 saturated heterocycles. The predicted molar refractivity (Wildman–Crippen MR) is 245 cm³/mol. The second-order valence-electron chi connectivity index (χ2n) is 15.5. The van der Waals surface area contributed by atoms with E-state index in [2.05, 4.69) is 93.7 Å². The molecule has 4 heterocycles. The Kier molecular flexibility index (Phi) is 6.76. The summed E-state index contributed by atoms with van der Waals surface area (Å²) in [5.74, 6) is -0.574. The monoisotopic (exact) mass is 774 g/mol. The first-order valence-corrected chi connectivity index (χ1v) is 20.2. The molecule has 4 nitrogen and oxygen atoms in total. The molecule has 0 atom stereocenters. The number of benzene rings is 9. The molecule has 13 rings (SSSR count). The molecule has 6 heteroatoms. The minimum Gasteiger partial charge on any atom is -0.308 e. The average Bonchev–Trinajstić information content (AvgIpc) is 4.02. The van der Waals surface area contributed by atoms with Gasteiger partial charge >= 0.3 is 0 Å². The zero-order valence-corrected chi connectivity index (χ0v) is 32.0. The molecule has 13 aromatic rings. The summed E-state index contributed by atoms with van der Waals surface area (Å²) in [7, 11) is 0. The van der Waals surface area contributed by atoms with Gasteiger partial charge in [0, 0.05) is 54.5 Å². The van der Waals surface area contributed by atoms with Crippen LogP contribution in [0.2, 0.25) is 0 Å². The second kappa shape index (κ2) is 12.3. The van der Waals surface area contributed by atoms with Crippen LogP contribution < -0.4 is 9.80 Å². The average molecular weight is 775 g/mol. The van der Waals surface area contributed by atoms with E-state index in [9.17, 15) is 0 Å². The van der Waals surface area contributed by atoms with Crippen LogP contribution >= 0.6 is 0 Å². The first-order chi connectivity index (χ1) is 29.7. The zero-order chi connectivity index (χ0) is 39.6. The van der Waals surface area contributed by atoms with Crippen LogP contribution in [0.3, 0.4) is 0 Å². The van der Waals surface area contributed by atoms with Crippen molar-refractivity contribution in [2.24, 2.45) is 0 Å². The molecule has 0 aliphatic carbocycles. The van der Waals surface area contributed by atoms with Gasteiger partial charge in [-0.3, -0.25) is 0 Å². The third-order valence-electron chi connectivity index (χ3n) is 12.5. The molecule has 282 valence electrons. The third-order valence-corrected chi connectivity index (χ3v) is 12.5. The highest BCUT2D eigenvalue weighted by Crippen LogP contribution is 2.51. The van der Waals surface area contributed by atoms with Crippen LogP contribution in [0.25, 0.3) is 76.2 Å². The van der Waals surface area contributed by atoms with Crippen molar-refractivity contribution >= 4 is 110 Å². The fourth-order valence-electron chi connectivity index (χ4n) is 10.1. The highest BCUT2D eigenvalue weighted by molar-refractivity contribution is 6.32. The summed E-state index contributed by atoms with van der Waals surface area (Å²) < 4.78 is 36.5. The smallest absolute Gasteiger partial charge is 0.147 e. The van der Waals surface area contributed by atoms with Gasteiger partial charge in [-0.05, 0) is 84.9 Å². The van der Waals surface area contributed by atoms with Crippen molar-refractivity contribution in [3.63, 3.8) is 0 Å². The van der Waals surface area contributed by atoms with Gasteiger partial charge in [0.25, 0.3) is 0 Å². The Morgan fingerprint density at radius 1 is 0.300 bits per heavy atom. The van der Waals surface area contributed by atoms with E-state index in [0.717, 1.165) is 98.9 Å². The summed E-state index contributed by atoms with van der Waals surface area (Å²) in [4.78, 5) is 4.09. The van der Waals surface area contributed by atoms with Gasteiger partial charge in [-0.15, -0.1) is 0 Å². The highest BCUT2D eigenvalue weighted by Gasteiger charge is 2.28. The Balaban J connectivity index is 1.14. The van der Waals surface area contributed by atoms with Crippen molar-refractivity contribution in [1.82, 2.24) is 8.80 Å². The molecule has 0 aliphatic rings. The molecule has 4 aromatic heterocycles. The number of hydrogen-bond acceptors (Lipinski definition) is 2. The van der Waals surface area contributed by atoms with Crippen molar-refractivity contribution in [2.75, 3.05) is 9.80 Å². The van der Waals surface area contributed by atoms with E-state index in [1.807, 2.05) is 94.7 Å². The fraction of sp³-hybridized carbons (Fsp3) is 0. The minimum atomic E-state index is -0.287. The third kappa shape index (κ3) is 4.37. The van der Waals surface area contributed by atoms with Gasteiger partial charge in [0.05, 0.1) is 55.8 Å². The number of halogens is 2. The molecule has 60 heavy (non-hydrogen) atoms. The van der Waals surface area contributed by atoms with Gasteiger partial charge in [0.2, 0.25) is 0 Å². The number of rotatable bonds is 6. The van der Waals surface area contributed by atoms with Gasteiger partial charge in [0.15, 0.2) is 0 Å². The lowest BCUT2D eigenvalue weighted by Gasteiger charge is -2.26. The number of nitrogens with zero attached hydrogens (tertiary/aromatic N) is 4. The van der Waals surface area contributed by atoms with Crippen molar-refractivity contribution in [1.29, 1.82) is 0 Å². The maximum atomic E-state index is 15.9. The van der Waals surface area contributed by atoms with E-state index in [1.165, 1.54) is 12.1 Å². The van der Waals surface area contributed by atoms with Gasteiger partial charge in [-0.25, -0.2) is 8.78 Å². The van der Waals surface area contributed by atoms with Gasteiger partial charge < -0.3 is 18.6 Å². The summed E-state index contributed by atoms with van der Waals surface area (Å²) in [6.45, 7) is 0. The van der Waals surface area contributed by atoms with Gasteiger partial charge in [-0.2, -0.15) is 0 Å². The number of fused-ring (bicyclic) bond motifs is 12. The summed E-state index contributed by atoms with van der Waals surface area (Å²) in [5, 5.41) is 8.88. The Morgan fingerprint density at radius 2 is 0.683 bits per heavy atom. The summed E-state index contributed by atoms with van der Waals surface area (Å²) in [6.07, 6.45) is 0. The first kappa shape index (κ1) is 33.1. The lowest BCUT2D eigenvalue weighted by molar-refractivity contribution is 0.628. The first-order valence-electron chi connectivity index (χ1n) is 20.2. The molecule has 0 fully saturated rings. The van der Waals surface area contributed by atoms with E-state index in [4.69, 9.17) is 0 Å². The molecule has 0 spiro atoms. The number of anilines is 6. The van der Waals surface area contributed by atoms with Crippen molar-refractivity contribution < 1.29 is 8.78 Å². The molecule has 0 radical (unpaired) electrons. The number of para-hydroxylation sites is 6.